The van der Waals surface area contributed by atoms with Gasteiger partial charge in [0.1, 0.15) is 5.75 Å². The van der Waals surface area contributed by atoms with Gasteiger partial charge in [0, 0.05) is 42.0 Å². The summed E-state index contributed by atoms with van der Waals surface area (Å²) in [5.41, 5.74) is 3.53. The quantitative estimate of drug-likeness (QED) is 0.703. The summed E-state index contributed by atoms with van der Waals surface area (Å²) in [5.74, 6) is 0.238. The van der Waals surface area contributed by atoms with E-state index in [1.54, 1.807) is 18.5 Å². The fourth-order valence-corrected chi connectivity index (χ4v) is 2.58. The highest BCUT2D eigenvalue weighted by Crippen LogP contribution is 2.25. The third kappa shape index (κ3) is 3.18. The molecule has 23 heavy (non-hydrogen) atoms. The molecule has 0 radical (unpaired) electrons. The van der Waals surface area contributed by atoms with Gasteiger partial charge in [0.15, 0.2) is 0 Å². The lowest BCUT2D eigenvalue weighted by molar-refractivity contribution is 0.474. The number of nitrogens with zero attached hydrogens (tertiary/aromatic N) is 3. The number of rotatable bonds is 5. The normalized spacial score (nSPS) is 11.4. The van der Waals surface area contributed by atoms with Crippen molar-refractivity contribution in [3.8, 4) is 5.75 Å². The number of H-pyrrole nitrogens is 1. The van der Waals surface area contributed by atoms with Crippen LogP contribution in [0.25, 0.3) is 10.9 Å². The Morgan fingerprint density at radius 2 is 2.00 bits per heavy atom. The SMILES string of the molecule is CCN(CC)c1ccc(C=Nc2ccc3[nH]ncc3c2)c(O)c1. The molecule has 0 aliphatic rings. The zero-order chi connectivity index (χ0) is 16.2. The summed E-state index contributed by atoms with van der Waals surface area (Å²) in [4.78, 5) is 6.63. The van der Waals surface area contributed by atoms with Gasteiger partial charge in [0.25, 0.3) is 0 Å². The van der Waals surface area contributed by atoms with E-state index in [9.17, 15) is 5.11 Å². The molecule has 0 saturated carbocycles. The van der Waals surface area contributed by atoms with E-state index in [0.717, 1.165) is 35.4 Å². The van der Waals surface area contributed by atoms with Crippen LogP contribution in [0.1, 0.15) is 19.4 Å². The monoisotopic (exact) mass is 308 g/mol. The van der Waals surface area contributed by atoms with Gasteiger partial charge in [-0.15, -0.1) is 0 Å². The summed E-state index contributed by atoms with van der Waals surface area (Å²) in [6.45, 7) is 6.02. The van der Waals surface area contributed by atoms with Crippen LogP contribution < -0.4 is 4.90 Å². The van der Waals surface area contributed by atoms with Crippen molar-refractivity contribution in [2.45, 2.75) is 13.8 Å². The second-order valence-corrected chi connectivity index (χ2v) is 5.32. The molecular formula is C18H20N4O. The first kappa shape index (κ1) is 15.1. The smallest absolute Gasteiger partial charge is 0.126 e. The Hall–Kier alpha value is -2.82. The number of fused-ring (bicyclic) bond motifs is 1. The number of benzene rings is 2. The third-order valence-electron chi connectivity index (χ3n) is 3.92. The molecule has 1 aromatic heterocycles. The molecule has 0 aliphatic carbocycles. The third-order valence-corrected chi connectivity index (χ3v) is 3.92. The average molecular weight is 308 g/mol. The number of aromatic nitrogens is 2. The molecule has 5 heteroatoms. The van der Waals surface area contributed by atoms with Crippen molar-refractivity contribution < 1.29 is 5.11 Å². The van der Waals surface area contributed by atoms with Crippen LogP contribution in [-0.2, 0) is 0 Å². The van der Waals surface area contributed by atoms with Crippen LogP contribution in [0.2, 0.25) is 0 Å². The van der Waals surface area contributed by atoms with E-state index in [2.05, 4.69) is 33.9 Å². The molecular weight excluding hydrogens is 288 g/mol. The van der Waals surface area contributed by atoms with Crippen molar-refractivity contribution in [1.29, 1.82) is 0 Å². The van der Waals surface area contributed by atoms with E-state index >= 15 is 0 Å². The standard InChI is InChI=1S/C18H20N4O/c1-3-22(4-2)16-7-5-13(18(23)10-16)11-19-15-6-8-17-14(9-15)12-20-21-17/h5-12,23H,3-4H2,1-2H3,(H,20,21). The number of hydrogen-bond acceptors (Lipinski definition) is 4. The maximum absolute atomic E-state index is 10.2. The van der Waals surface area contributed by atoms with Crippen LogP contribution in [0.15, 0.2) is 47.6 Å². The Morgan fingerprint density at radius 3 is 2.74 bits per heavy atom. The Bertz CT molecular complexity index is 834. The molecule has 0 unspecified atom stereocenters. The molecule has 3 aromatic rings. The van der Waals surface area contributed by atoms with Crippen molar-refractivity contribution >= 4 is 28.5 Å². The van der Waals surface area contributed by atoms with Crippen LogP contribution in [0, 0.1) is 0 Å². The van der Waals surface area contributed by atoms with E-state index in [-0.39, 0.29) is 5.75 Å². The van der Waals surface area contributed by atoms with Gasteiger partial charge >= 0.3 is 0 Å². The number of nitrogens with one attached hydrogen (secondary N) is 1. The number of aliphatic imine (C=N–C) groups is 1. The molecule has 0 fully saturated rings. The van der Waals surface area contributed by atoms with Crippen LogP contribution in [0.4, 0.5) is 11.4 Å². The van der Waals surface area contributed by atoms with Crippen LogP contribution in [0.5, 0.6) is 5.75 Å². The molecule has 3 rings (SSSR count). The molecule has 0 atom stereocenters. The second kappa shape index (κ2) is 6.52. The number of hydrogen-bond donors (Lipinski definition) is 2. The van der Waals surface area contributed by atoms with Crippen LogP contribution in [0.3, 0.4) is 0 Å². The maximum atomic E-state index is 10.2. The minimum Gasteiger partial charge on any atom is -0.507 e. The molecule has 2 aromatic carbocycles. The van der Waals surface area contributed by atoms with Gasteiger partial charge in [0.2, 0.25) is 0 Å². The number of anilines is 1. The molecule has 2 N–H and O–H groups in total. The maximum Gasteiger partial charge on any atom is 0.126 e. The highest BCUT2D eigenvalue weighted by Gasteiger charge is 2.05. The molecule has 0 saturated heterocycles. The van der Waals surface area contributed by atoms with Gasteiger partial charge < -0.3 is 10.0 Å². The highest BCUT2D eigenvalue weighted by atomic mass is 16.3. The fourth-order valence-electron chi connectivity index (χ4n) is 2.58. The molecule has 0 amide bonds. The molecule has 0 spiro atoms. The molecule has 0 aliphatic heterocycles. The summed E-state index contributed by atoms with van der Waals surface area (Å²) in [6, 6.07) is 11.5. The first-order chi connectivity index (χ1) is 11.2. The summed E-state index contributed by atoms with van der Waals surface area (Å²) in [7, 11) is 0. The number of phenolic OH excluding ortho intramolecular Hbond substituents is 1. The fraction of sp³-hybridized carbons (Fsp3) is 0.222. The highest BCUT2D eigenvalue weighted by molar-refractivity contribution is 5.88. The van der Waals surface area contributed by atoms with Gasteiger partial charge in [0.05, 0.1) is 17.4 Å². The first-order valence-corrected chi connectivity index (χ1v) is 7.76. The second-order valence-electron chi connectivity index (χ2n) is 5.32. The molecule has 0 bridgehead atoms. The van der Waals surface area contributed by atoms with Gasteiger partial charge in [-0.3, -0.25) is 10.1 Å². The summed E-state index contributed by atoms with van der Waals surface area (Å²) >= 11 is 0. The van der Waals surface area contributed by atoms with E-state index < -0.39 is 0 Å². The lowest BCUT2D eigenvalue weighted by Crippen LogP contribution is -2.21. The van der Waals surface area contributed by atoms with E-state index in [1.807, 2.05) is 30.3 Å². The topological polar surface area (TPSA) is 64.5 Å². The zero-order valence-corrected chi connectivity index (χ0v) is 13.3. The predicted molar refractivity (Wildman–Crippen MR) is 95.0 cm³/mol. The minimum absolute atomic E-state index is 0.238. The summed E-state index contributed by atoms with van der Waals surface area (Å²) in [6.07, 6.45) is 3.45. The van der Waals surface area contributed by atoms with Crippen molar-refractivity contribution in [2.75, 3.05) is 18.0 Å². The van der Waals surface area contributed by atoms with Crippen LogP contribution in [-0.4, -0.2) is 34.6 Å². The zero-order valence-electron chi connectivity index (χ0n) is 13.3. The minimum atomic E-state index is 0.238. The first-order valence-electron chi connectivity index (χ1n) is 7.76. The molecule has 1 heterocycles. The Labute approximate surface area is 135 Å². The summed E-state index contributed by atoms with van der Waals surface area (Å²) < 4.78 is 0. The Morgan fingerprint density at radius 1 is 1.17 bits per heavy atom. The molecule has 5 nitrogen and oxygen atoms in total. The number of aromatic hydroxyl groups is 1. The average Bonchev–Trinajstić information content (AvgIpc) is 3.03. The Kier molecular flexibility index (Phi) is 4.28. The van der Waals surface area contributed by atoms with Crippen molar-refractivity contribution in [3.63, 3.8) is 0 Å². The van der Waals surface area contributed by atoms with E-state index in [1.165, 1.54) is 0 Å². The van der Waals surface area contributed by atoms with Gasteiger partial charge in [-0.05, 0) is 44.2 Å². The number of phenols is 1. The van der Waals surface area contributed by atoms with E-state index in [4.69, 9.17) is 0 Å². The summed E-state index contributed by atoms with van der Waals surface area (Å²) in [5, 5.41) is 18.1. The van der Waals surface area contributed by atoms with Crippen molar-refractivity contribution in [1.82, 2.24) is 10.2 Å². The van der Waals surface area contributed by atoms with Gasteiger partial charge in [-0.1, -0.05) is 0 Å². The lowest BCUT2D eigenvalue weighted by atomic mass is 10.1. The van der Waals surface area contributed by atoms with Crippen molar-refractivity contribution in [2.24, 2.45) is 4.99 Å². The van der Waals surface area contributed by atoms with Crippen molar-refractivity contribution in [3.05, 3.63) is 48.2 Å². The lowest BCUT2D eigenvalue weighted by Gasteiger charge is -2.21. The van der Waals surface area contributed by atoms with Crippen LogP contribution >= 0.6 is 0 Å². The largest absolute Gasteiger partial charge is 0.507 e. The molecule has 118 valence electrons. The van der Waals surface area contributed by atoms with E-state index in [0.29, 0.717) is 5.56 Å². The van der Waals surface area contributed by atoms with Gasteiger partial charge in [-0.25, -0.2) is 0 Å². The Balaban J connectivity index is 1.84. The van der Waals surface area contributed by atoms with Gasteiger partial charge in [-0.2, -0.15) is 5.10 Å². The predicted octanol–water partition coefficient (Wildman–Crippen LogP) is 3.87. The number of aromatic amines is 1.